The summed E-state index contributed by atoms with van der Waals surface area (Å²) in [4.78, 5) is -1.07. The first-order valence-corrected chi connectivity index (χ1v) is 8.06. The van der Waals surface area contributed by atoms with E-state index in [-0.39, 0.29) is 11.5 Å². The molecule has 0 saturated heterocycles. The lowest BCUT2D eigenvalue weighted by Crippen LogP contribution is -2.27. The van der Waals surface area contributed by atoms with Gasteiger partial charge < -0.3 is 0 Å². The molecule has 1 rings (SSSR count). The molecule has 2 unspecified atom stereocenters. The predicted molar refractivity (Wildman–Crippen MR) is 72.5 cm³/mol. The third kappa shape index (κ3) is 3.69. The highest BCUT2D eigenvalue weighted by molar-refractivity contribution is 7.92. The van der Waals surface area contributed by atoms with Crippen LogP contribution in [0, 0.1) is 11.7 Å². The van der Waals surface area contributed by atoms with Crippen molar-refractivity contribution in [3.05, 3.63) is 29.6 Å². The summed E-state index contributed by atoms with van der Waals surface area (Å²) >= 11 is 5.98. The third-order valence-corrected chi connectivity index (χ3v) is 4.96. The van der Waals surface area contributed by atoms with Gasteiger partial charge in [-0.2, -0.15) is 13.2 Å². The molecule has 1 aromatic carbocycles. The molecule has 2 nitrogen and oxygen atoms in total. The lowest BCUT2D eigenvalue weighted by molar-refractivity contribution is -0.0436. The number of hydrogen-bond acceptors (Lipinski definition) is 2. The van der Waals surface area contributed by atoms with Crippen LogP contribution < -0.4 is 0 Å². The molecule has 0 spiro atoms. The summed E-state index contributed by atoms with van der Waals surface area (Å²) in [6.07, 6.45) is 0. The van der Waals surface area contributed by atoms with Gasteiger partial charge in [0.05, 0.1) is 4.90 Å². The second kappa shape index (κ2) is 6.12. The molecule has 0 heterocycles. The summed E-state index contributed by atoms with van der Waals surface area (Å²) in [5.41, 5.74) is -5.61. The fraction of sp³-hybridized carbons (Fsp3) is 0.538. The van der Waals surface area contributed by atoms with Gasteiger partial charge >= 0.3 is 5.51 Å². The van der Waals surface area contributed by atoms with Crippen LogP contribution >= 0.6 is 11.6 Å². The molecule has 120 valence electrons. The second-order valence-corrected chi connectivity index (χ2v) is 7.68. The van der Waals surface area contributed by atoms with Gasteiger partial charge in [0.2, 0.25) is 0 Å². The molecule has 0 fully saturated rings. The molecule has 0 radical (unpaired) electrons. The van der Waals surface area contributed by atoms with Gasteiger partial charge in [0.25, 0.3) is 9.84 Å². The fourth-order valence-electron chi connectivity index (χ4n) is 2.28. The van der Waals surface area contributed by atoms with Crippen LogP contribution in [0.2, 0.25) is 0 Å². The molecule has 0 amide bonds. The van der Waals surface area contributed by atoms with E-state index in [2.05, 4.69) is 0 Å². The predicted octanol–water partition coefficient (Wildman–Crippen LogP) is 4.49. The Morgan fingerprint density at radius 1 is 1.14 bits per heavy atom. The summed E-state index contributed by atoms with van der Waals surface area (Å²) in [6.45, 7) is 4.97. The van der Waals surface area contributed by atoms with Gasteiger partial charge in [-0.25, -0.2) is 12.8 Å². The van der Waals surface area contributed by atoms with E-state index >= 15 is 0 Å². The average Bonchev–Trinajstić information content (AvgIpc) is 2.28. The van der Waals surface area contributed by atoms with Crippen LogP contribution in [0.15, 0.2) is 23.1 Å². The van der Waals surface area contributed by atoms with Crippen LogP contribution in [0.1, 0.15) is 32.3 Å². The monoisotopic (exact) mass is 346 g/mol. The molecule has 0 aliphatic rings. The second-order valence-electron chi connectivity index (χ2n) is 5.08. The molecule has 0 aliphatic heterocycles. The van der Waals surface area contributed by atoms with Crippen molar-refractivity contribution in [3.8, 4) is 0 Å². The molecule has 0 saturated carbocycles. The Morgan fingerprint density at radius 2 is 1.67 bits per heavy atom. The van der Waals surface area contributed by atoms with Crippen molar-refractivity contribution in [1.82, 2.24) is 0 Å². The average molecular weight is 347 g/mol. The Morgan fingerprint density at radius 3 is 2.05 bits per heavy atom. The standard InChI is InChI=1S/C13H15ClF4O2S/c1-7(2)12(8(3)14)10-5-4-9(15)6-11(10)21(19,20)13(16,17)18/h4-8,12H,1-3H3. The van der Waals surface area contributed by atoms with E-state index in [1.165, 1.54) is 0 Å². The summed E-state index contributed by atoms with van der Waals surface area (Å²) in [6, 6.07) is 2.38. The highest BCUT2D eigenvalue weighted by Crippen LogP contribution is 2.39. The van der Waals surface area contributed by atoms with Crippen LogP contribution in [0.25, 0.3) is 0 Å². The first kappa shape index (κ1) is 18.2. The van der Waals surface area contributed by atoms with E-state index in [0.717, 1.165) is 12.1 Å². The van der Waals surface area contributed by atoms with Crippen molar-refractivity contribution < 1.29 is 26.0 Å². The first-order chi connectivity index (χ1) is 9.39. The topological polar surface area (TPSA) is 34.1 Å². The Labute approximate surface area is 126 Å². The molecule has 1 aromatic rings. The molecule has 0 N–H and O–H groups in total. The van der Waals surface area contributed by atoms with E-state index in [9.17, 15) is 26.0 Å². The van der Waals surface area contributed by atoms with Gasteiger partial charge in [0, 0.05) is 11.3 Å². The maximum atomic E-state index is 13.3. The van der Waals surface area contributed by atoms with E-state index in [0.29, 0.717) is 6.07 Å². The summed E-state index contributed by atoms with van der Waals surface area (Å²) < 4.78 is 74.8. The van der Waals surface area contributed by atoms with E-state index in [4.69, 9.17) is 11.6 Å². The zero-order valence-corrected chi connectivity index (χ0v) is 13.2. The first-order valence-electron chi connectivity index (χ1n) is 6.14. The molecular formula is C13H15ClF4O2S. The quantitative estimate of drug-likeness (QED) is 0.594. The van der Waals surface area contributed by atoms with Crippen LogP contribution in [0.3, 0.4) is 0 Å². The smallest absolute Gasteiger partial charge is 0.214 e. The van der Waals surface area contributed by atoms with Crippen molar-refractivity contribution in [1.29, 1.82) is 0 Å². The van der Waals surface area contributed by atoms with Gasteiger partial charge in [0.15, 0.2) is 0 Å². The van der Waals surface area contributed by atoms with Crippen LogP contribution in [0.5, 0.6) is 0 Å². The normalized spacial score (nSPS) is 16.0. The van der Waals surface area contributed by atoms with E-state index in [1.807, 2.05) is 0 Å². The highest BCUT2D eigenvalue weighted by Gasteiger charge is 2.48. The summed E-state index contributed by atoms with van der Waals surface area (Å²) in [5.74, 6) is -1.92. The maximum absolute atomic E-state index is 13.3. The van der Waals surface area contributed by atoms with Crippen molar-refractivity contribution in [2.24, 2.45) is 5.92 Å². The zero-order valence-electron chi connectivity index (χ0n) is 11.6. The highest BCUT2D eigenvalue weighted by atomic mass is 35.5. The van der Waals surface area contributed by atoms with Gasteiger partial charge in [0.1, 0.15) is 5.82 Å². The SMILES string of the molecule is CC(C)C(c1ccc(F)cc1S(=O)(=O)C(F)(F)F)C(C)Cl. The molecule has 0 bridgehead atoms. The van der Waals surface area contributed by atoms with Gasteiger partial charge in [-0.05, 0) is 30.5 Å². The van der Waals surface area contributed by atoms with Crippen LogP contribution in [-0.4, -0.2) is 19.3 Å². The van der Waals surface area contributed by atoms with Gasteiger partial charge in [-0.3, -0.25) is 0 Å². The summed E-state index contributed by atoms with van der Waals surface area (Å²) in [7, 11) is -5.64. The molecule has 0 aromatic heterocycles. The number of alkyl halides is 4. The van der Waals surface area contributed by atoms with Crippen LogP contribution in [0.4, 0.5) is 17.6 Å². The third-order valence-electron chi connectivity index (χ3n) is 3.14. The Hall–Kier alpha value is -0.820. The zero-order chi connectivity index (χ0) is 16.6. The maximum Gasteiger partial charge on any atom is 0.501 e. The van der Waals surface area contributed by atoms with Gasteiger partial charge in [-0.15, -0.1) is 11.6 Å². The van der Waals surface area contributed by atoms with Crippen LogP contribution in [-0.2, 0) is 9.84 Å². The lowest BCUT2D eigenvalue weighted by Gasteiger charge is -2.26. The molecular weight excluding hydrogens is 332 g/mol. The van der Waals surface area contributed by atoms with E-state index < -0.39 is 37.4 Å². The number of halogens is 5. The van der Waals surface area contributed by atoms with Crippen molar-refractivity contribution >= 4 is 21.4 Å². The lowest BCUT2D eigenvalue weighted by atomic mass is 9.86. The Balaban J connectivity index is 3.64. The van der Waals surface area contributed by atoms with Crippen molar-refractivity contribution in [2.75, 3.05) is 0 Å². The number of rotatable bonds is 4. The minimum Gasteiger partial charge on any atom is -0.214 e. The van der Waals surface area contributed by atoms with E-state index in [1.54, 1.807) is 20.8 Å². The van der Waals surface area contributed by atoms with Crippen molar-refractivity contribution in [3.63, 3.8) is 0 Å². The largest absolute Gasteiger partial charge is 0.501 e. The Kier molecular flexibility index (Phi) is 5.31. The number of benzene rings is 1. The molecule has 2 atom stereocenters. The number of sulfone groups is 1. The van der Waals surface area contributed by atoms with Crippen molar-refractivity contribution in [2.45, 2.75) is 42.5 Å². The molecule has 0 aliphatic carbocycles. The minimum atomic E-state index is -5.64. The molecule has 21 heavy (non-hydrogen) atoms. The minimum absolute atomic E-state index is 0.119. The molecule has 8 heteroatoms. The van der Waals surface area contributed by atoms with Gasteiger partial charge in [-0.1, -0.05) is 19.9 Å². The Bertz CT molecular complexity index is 601. The number of hydrogen-bond donors (Lipinski definition) is 0. The fourth-order valence-corrected chi connectivity index (χ4v) is 3.74. The summed E-state index contributed by atoms with van der Waals surface area (Å²) in [5, 5.41) is -0.613.